The third-order valence-corrected chi connectivity index (χ3v) is 6.74. The molecule has 2 fully saturated rings. The summed E-state index contributed by atoms with van der Waals surface area (Å²) in [4.78, 5) is -0.0171. The summed E-state index contributed by atoms with van der Waals surface area (Å²) in [5.74, 6) is 0. The predicted molar refractivity (Wildman–Crippen MR) is 77.2 cm³/mol. The fourth-order valence-electron chi connectivity index (χ4n) is 3.38. The fourth-order valence-corrected chi connectivity index (χ4v) is 5.78. The van der Waals surface area contributed by atoms with Crippen molar-refractivity contribution in [2.24, 2.45) is 0 Å². The first-order valence-corrected chi connectivity index (χ1v) is 8.66. The molecule has 3 rings (SSSR count). The second kappa shape index (κ2) is 5.25. The van der Waals surface area contributed by atoms with Gasteiger partial charge in [0.25, 0.3) is 0 Å². The highest BCUT2D eigenvalue weighted by atomic mass is 35.5. The molecule has 2 unspecified atom stereocenters. The number of rotatable bonds is 2. The number of aliphatic hydroxyl groups excluding tert-OH is 1. The van der Waals surface area contributed by atoms with Crippen LogP contribution in [0, 0.1) is 11.3 Å². The molecule has 0 aromatic heterocycles. The Morgan fingerprint density at radius 2 is 1.90 bits per heavy atom. The number of sulfonamides is 1. The molecule has 1 aromatic carbocycles. The van der Waals surface area contributed by atoms with Crippen LogP contribution >= 0.6 is 11.6 Å². The van der Waals surface area contributed by atoms with Crippen LogP contribution in [0.3, 0.4) is 0 Å². The van der Waals surface area contributed by atoms with Crippen molar-refractivity contribution < 1.29 is 13.5 Å². The highest BCUT2D eigenvalue weighted by molar-refractivity contribution is 7.89. The summed E-state index contributed by atoms with van der Waals surface area (Å²) in [5.41, 5.74) is 0.266. The number of hydrogen-bond donors (Lipinski definition) is 1. The number of nitriles is 1. The van der Waals surface area contributed by atoms with Gasteiger partial charge in [0.1, 0.15) is 4.90 Å². The Balaban J connectivity index is 2.04. The van der Waals surface area contributed by atoms with Gasteiger partial charge in [-0.2, -0.15) is 9.57 Å². The summed E-state index contributed by atoms with van der Waals surface area (Å²) in [5, 5.41) is 18.9. The molecule has 1 N–H and O–H groups in total. The van der Waals surface area contributed by atoms with E-state index >= 15 is 0 Å². The lowest BCUT2D eigenvalue weighted by Crippen LogP contribution is -2.47. The van der Waals surface area contributed by atoms with Gasteiger partial charge in [-0.15, -0.1) is 0 Å². The topological polar surface area (TPSA) is 81.4 Å². The van der Waals surface area contributed by atoms with Gasteiger partial charge >= 0.3 is 0 Å². The molecular formula is C14H15ClN2O3S. The maximum absolute atomic E-state index is 12.9. The second-order valence-corrected chi connectivity index (χ2v) is 7.82. The minimum atomic E-state index is -3.75. The van der Waals surface area contributed by atoms with E-state index in [0.717, 1.165) is 12.8 Å². The van der Waals surface area contributed by atoms with E-state index in [9.17, 15) is 13.5 Å². The Morgan fingerprint density at radius 3 is 2.48 bits per heavy atom. The normalized spacial score (nSPS) is 29.3. The predicted octanol–water partition coefficient (Wildman–Crippen LogP) is 1.89. The fraction of sp³-hybridized carbons (Fsp3) is 0.500. The lowest BCUT2D eigenvalue weighted by Gasteiger charge is -2.36. The maximum atomic E-state index is 12.9. The van der Waals surface area contributed by atoms with Crippen molar-refractivity contribution in [3.63, 3.8) is 0 Å². The minimum absolute atomic E-state index is 0.0171. The van der Waals surface area contributed by atoms with Crippen LogP contribution in [0.15, 0.2) is 23.1 Å². The monoisotopic (exact) mass is 326 g/mol. The molecule has 2 aliphatic rings. The molecule has 0 spiro atoms. The summed E-state index contributed by atoms with van der Waals surface area (Å²) in [6.45, 7) is 0. The molecule has 0 saturated carbocycles. The van der Waals surface area contributed by atoms with E-state index in [4.69, 9.17) is 16.9 Å². The van der Waals surface area contributed by atoms with E-state index in [0.29, 0.717) is 12.8 Å². The Bertz CT molecular complexity index is 699. The van der Waals surface area contributed by atoms with Crippen LogP contribution in [0.25, 0.3) is 0 Å². The smallest absolute Gasteiger partial charge is 0.245 e. The Kier molecular flexibility index (Phi) is 3.70. The van der Waals surface area contributed by atoms with Gasteiger partial charge in [0.05, 0.1) is 22.8 Å². The summed E-state index contributed by atoms with van der Waals surface area (Å²) >= 11 is 6.04. The molecule has 2 atom stereocenters. The molecule has 2 bridgehead atoms. The first-order valence-electron chi connectivity index (χ1n) is 6.84. The van der Waals surface area contributed by atoms with E-state index in [-0.39, 0.29) is 27.6 Å². The molecule has 2 heterocycles. The quantitative estimate of drug-likeness (QED) is 0.899. The summed E-state index contributed by atoms with van der Waals surface area (Å²) in [6.07, 6.45) is 2.01. The molecule has 0 radical (unpaired) electrons. The highest BCUT2D eigenvalue weighted by Crippen LogP contribution is 2.41. The van der Waals surface area contributed by atoms with Crippen molar-refractivity contribution >= 4 is 21.6 Å². The van der Waals surface area contributed by atoms with E-state index in [1.807, 2.05) is 6.07 Å². The van der Waals surface area contributed by atoms with Crippen molar-refractivity contribution in [1.29, 1.82) is 5.26 Å². The van der Waals surface area contributed by atoms with Gasteiger partial charge in [-0.1, -0.05) is 11.6 Å². The maximum Gasteiger partial charge on any atom is 0.245 e. The lowest BCUT2D eigenvalue weighted by atomic mass is 10.0. The zero-order valence-corrected chi connectivity index (χ0v) is 12.8. The summed E-state index contributed by atoms with van der Waals surface area (Å²) < 4.78 is 27.3. The molecule has 2 aliphatic heterocycles. The van der Waals surface area contributed by atoms with Crippen molar-refractivity contribution in [1.82, 2.24) is 4.31 Å². The van der Waals surface area contributed by atoms with Gasteiger partial charge in [-0.3, -0.25) is 0 Å². The van der Waals surface area contributed by atoms with Crippen LogP contribution in [0.2, 0.25) is 5.02 Å². The zero-order chi connectivity index (χ0) is 15.2. The minimum Gasteiger partial charge on any atom is -0.393 e. The van der Waals surface area contributed by atoms with Crippen LogP contribution in [-0.2, 0) is 10.0 Å². The number of hydrogen-bond acceptors (Lipinski definition) is 4. The van der Waals surface area contributed by atoms with Crippen molar-refractivity contribution in [2.45, 2.75) is 48.8 Å². The van der Waals surface area contributed by atoms with Gasteiger partial charge < -0.3 is 5.11 Å². The number of halogens is 1. The molecule has 0 amide bonds. The Hall–Kier alpha value is -1.13. The Labute approximate surface area is 128 Å². The largest absolute Gasteiger partial charge is 0.393 e. The molecule has 1 aromatic rings. The molecule has 5 nitrogen and oxygen atoms in total. The number of aliphatic hydroxyl groups is 1. The highest BCUT2D eigenvalue weighted by Gasteiger charge is 2.47. The van der Waals surface area contributed by atoms with E-state index in [1.54, 1.807) is 0 Å². The molecule has 21 heavy (non-hydrogen) atoms. The van der Waals surface area contributed by atoms with Gasteiger partial charge in [0.2, 0.25) is 10.0 Å². The van der Waals surface area contributed by atoms with Crippen LogP contribution < -0.4 is 0 Å². The average Bonchev–Trinajstić information content (AvgIpc) is 2.73. The number of benzene rings is 1. The average molecular weight is 327 g/mol. The Morgan fingerprint density at radius 1 is 1.29 bits per heavy atom. The van der Waals surface area contributed by atoms with Crippen LogP contribution in [0.5, 0.6) is 0 Å². The van der Waals surface area contributed by atoms with E-state index < -0.39 is 16.1 Å². The van der Waals surface area contributed by atoms with Crippen LogP contribution in [0.4, 0.5) is 0 Å². The number of piperidine rings is 1. The molecule has 7 heteroatoms. The first kappa shape index (κ1) is 14.8. The lowest BCUT2D eigenvalue weighted by molar-refractivity contribution is 0.0769. The SMILES string of the molecule is N#Cc1ccc(Cl)c(S(=O)(=O)N2C3CCC2CC(O)C3)c1. The van der Waals surface area contributed by atoms with Gasteiger partial charge in [-0.05, 0) is 43.9 Å². The van der Waals surface area contributed by atoms with Crippen molar-refractivity contribution in [2.75, 3.05) is 0 Å². The third kappa shape index (κ3) is 2.44. The summed E-state index contributed by atoms with van der Waals surface area (Å²) in [7, 11) is -3.75. The van der Waals surface area contributed by atoms with Crippen molar-refractivity contribution in [3.05, 3.63) is 28.8 Å². The molecule has 112 valence electrons. The van der Waals surface area contributed by atoms with Crippen LogP contribution in [-0.4, -0.2) is 36.0 Å². The van der Waals surface area contributed by atoms with Gasteiger partial charge in [0, 0.05) is 12.1 Å². The summed E-state index contributed by atoms with van der Waals surface area (Å²) in [6, 6.07) is 5.84. The first-order chi connectivity index (χ1) is 9.93. The van der Waals surface area contributed by atoms with Crippen molar-refractivity contribution in [3.8, 4) is 6.07 Å². The van der Waals surface area contributed by atoms with Gasteiger partial charge in [-0.25, -0.2) is 8.42 Å². The number of fused-ring (bicyclic) bond motifs is 2. The number of nitrogens with zero attached hydrogens (tertiary/aromatic N) is 2. The second-order valence-electron chi connectivity index (χ2n) is 5.60. The van der Waals surface area contributed by atoms with Gasteiger partial charge in [0.15, 0.2) is 0 Å². The third-order valence-electron chi connectivity index (χ3n) is 4.26. The van der Waals surface area contributed by atoms with E-state index in [1.165, 1.54) is 22.5 Å². The molecule has 2 saturated heterocycles. The van der Waals surface area contributed by atoms with E-state index in [2.05, 4.69) is 0 Å². The molecule has 0 aliphatic carbocycles. The van der Waals surface area contributed by atoms with Crippen LogP contribution in [0.1, 0.15) is 31.2 Å². The molecular weight excluding hydrogens is 312 g/mol. The zero-order valence-electron chi connectivity index (χ0n) is 11.2. The standard InChI is InChI=1S/C14H15ClN2O3S/c15-13-4-1-9(8-16)5-14(13)21(19,20)17-10-2-3-11(17)7-12(18)6-10/h1,4-5,10-12,18H,2-3,6-7H2.